The van der Waals surface area contributed by atoms with Crippen LogP contribution in [0, 0.1) is 0 Å². The Labute approximate surface area is 82.2 Å². The predicted octanol–water partition coefficient (Wildman–Crippen LogP) is -0.340. The van der Waals surface area contributed by atoms with Gasteiger partial charge in [-0.3, -0.25) is 14.6 Å². The molecule has 0 saturated heterocycles. The molecule has 0 aliphatic heterocycles. The van der Waals surface area contributed by atoms with Crippen molar-refractivity contribution >= 4 is 11.8 Å². The van der Waals surface area contributed by atoms with E-state index < -0.39 is 0 Å². The lowest BCUT2D eigenvalue weighted by Gasteiger charge is -1.95. The van der Waals surface area contributed by atoms with Crippen molar-refractivity contribution in [1.29, 1.82) is 0 Å². The van der Waals surface area contributed by atoms with Crippen LogP contribution in [0.4, 0.5) is 5.88 Å². The van der Waals surface area contributed by atoms with Crippen molar-refractivity contribution in [3.8, 4) is 0 Å². The normalized spacial score (nSPS) is 10.2. The lowest BCUT2D eigenvalue weighted by molar-refractivity contribution is -0.765. The minimum absolute atomic E-state index is 0.165. The average molecular weight is 199 g/mol. The molecule has 1 aromatic rings. The van der Waals surface area contributed by atoms with Gasteiger partial charge in [0.25, 0.3) is 5.69 Å². The molecule has 0 atom stereocenters. The number of hydrogen-bond donors (Lipinski definition) is 2. The number of aromatic nitrogens is 2. The summed E-state index contributed by atoms with van der Waals surface area (Å²) in [4.78, 5) is 10.8. The molecule has 0 unspecified atom stereocenters. The molecule has 0 radical (unpaired) electrons. The van der Waals surface area contributed by atoms with Gasteiger partial charge in [-0.2, -0.15) is 0 Å². The van der Waals surface area contributed by atoms with Gasteiger partial charge in [-0.15, -0.1) is 0 Å². The smallest absolute Gasteiger partial charge is 0.306 e. The number of nitrogens with one attached hydrogen (secondary N) is 2. The molecule has 1 aromatic heterocycles. The van der Waals surface area contributed by atoms with Gasteiger partial charge >= 0.3 is 5.88 Å². The van der Waals surface area contributed by atoms with Crippen LogP contribution in [0.1, 0.15) is 19.5 Å². The average Bonchev–Trinajstić information content (AvgIpc) is 2.48. The number of anilines is 1. The van der Waals surface area contributed by atoms with Crippen molar-refractivity contribution in [2.75, 3.05) is 12.4 Å². The molecule has 0 spiro atoms. The lowest BCUT2D eigenvalue weighted by atomic mass is 10.4. The van der Waals surface area contributed by atoms with Crippen LogP contribution in [0.3, 0.4) is 0 Å². The summed E-state index contributed by atoms with van der Waals surface area (Å²) < 4.78 is 6.69. The third-order valence-electron chi connectivity index (χ3n) is 1.74. The zero-order valence-electron chi connectivity index (χ0n) is 8.63. The second-order valence-corrected chi connectivity index (χ2v) is 2.88. The van der Waals surface area contributed by atoms with Crippen molar-refractivity contribution < 1.29 is 14.0 Å². The van der Waals surface area contributed by atoms with E-state index in [4.69, 9.17) is 4.52 Å². The van der Waals surface area contributed by atoms with Crippen LogP contribution in [0.25, 0.3) is 0 Å². The Bertz CT molecular complexity index is 321. The summed E-state index contributed by atoms with van der Waals surface area (Å²) in [6.07, 6.45) is 0. The third-order valence-corrected chi connectivity index (χ3v) is 1.74. The van der Waals surface area contributed by atoms with Crippen molar-refractivity contribution in [2.24, 2.45) is 0 Å². The first-order valence-corrected chi connectivity index (χ1v) is 4.49. The van der Waals surface area contributed by atoms with E-state index >= 15 is 0 Å². The fourth-order valence-electron chi connectivity index (χ4n) is 1.15. The van der Waals surface area contributed by atoms with Gasteiger partial charge in [-0.05, 0) is 18.7 Å². The molecule has 0 aliphatic carbocycles. The van der Waals surface area contributed by atoms with Crippen LogP contribution in [0.15, 0.2) is 4.52 Å². The number of nitrogens with zero attached hydrogens (tertiary/aromatic N) is 2. The quantitative estimate of drug-likeness (QED) is 0.651. The van der Waals surface area contributed by atoms with Gasteiger partial charge in [0.05, 0.1) is 6.54 Å². The highest BCUT2D eigenvalue weighted by molar-refractivity contribution is 5.87. The highest BCUT2D eigenvalue weighted by atomic mass is 16.5. The summed E-state index contributed by atoms with van der Waals surface area (Å²) in [5, 5.41) is 9.36. The van der Waals surface area contributed by atoms with E-state index in [1.165, 1.54) is 6.92 Å². The summed E-state index contributed by atoms with van der Waals surface area (Å²) in [6, 6.07) is 0. The van der Waals surface area contributed by atoms with Crippen molar-refractivity contribution in [3.63, 3.8) is 0 Å². The minimum atomic E-state index is -0.165. The molecule has 14 heavy (non-hydrogen) atoms. The largest absolute Gasteiger partial charge is 0.310 e. The van der Waals surface area contributed by atoms with Crippen LogP contribution in [-0.2, 0) is 17.9 Å². The van der Waals surface area contributed by atoms with E-state index in [1.807, 2.05) is 14.0 Å². The molecule has 6 heteroatoms. The Balaban J connectivity index is 2.91. The lowest BCUT2D eigenvalue weighted by Crippen LogP contribution is -2.39. The fourth-order valence-corrected chi connectivity index (χ4v) is 1.15. The van der Waals surface area contributed by atoms with E-state index in [-0.39, 0.29) is 5.91 Å². The molecule has 1 amide bonds. The van der Waals surface area contributed by atoms with Crippen molar-refractivity contribution in [3.05, 3.63) is 5.69 Å². The van der Waals surface area contributed by atoms with Crippen LogP contribution < -0.4 is 15.3 Å². The Morgan fingerprint density at radius 1 is 1.64 bits per heavy atom. The van der Waals surface area contributed by atoms with Gasteiger partial charge in [0.2, 0.25) is 11.2 Å². The van der Waals surface area contributed by atoms with Crippen LogP contribution >= 0.6 is 0 Å². The highest BCUT2D eigenvalue weighted by Gasteiger charge is 2.22. The van der Waals surface area contributed by atoms with Crippen LogP contribution in [-0.4, -0.2) is 18.2 Å². The SMILES string of the molecule is CC[n+]1noc(NC(C)=O)c1CNC. The molecule has 0 saturated carbocycles. The van der Waals surface area contributed by atoms with Gasteiger partial charge in [0.1, 0.15) is 0 Å². The maximum Gasteiger partial charge on any atom is 0.306 e. The Kier molecular flexibility index (Phi) is 3.58. The number of hydrogen-bond acceptors (Lipinski definition) is 4. The van der Waals surface area contributed by atoms with Gasteiger partial charge in [-0.25, -0.2) is 0 Å². The molecule has 0 aliphatic rings. The standard InChI is InChI=1S/C8H14N4O2/c1-4-12-7(5-9-3)8(14-11-12)10-6(2)13/h9H,4-5H2,1-3H3/p+1. The Hall–Kier alpha value is -1.43. The molecule has 0 aromatic carbocycles. The Morgan fingerprint density at radius 2 is 2.36 bits per heavy atom. The molecule has 6 nitrogen and oxygen atoms in total. The summed E-state index contributed by atoms with van der Waals surface area (Å²) >= 11 is 0. The molecule has 2 N–H and O–H groups in total. The number of carbonyl (C=O) groups excluding carboxylic acids is 1. The van der Waals surface area contributed by atoms with Crippen molar-refractivity contribution in [1.82, 2.24) is 10.6 Å². The zero-order valence-corrected chi connectivity index (χ0v) is 8.63. The van der Waals surface area contributed by atoms with E-state index in [0.717, 1.165) is 5.69 Å². The third kappa shape index (κ3) is 2.29. The number of amides is 1. The summed E-state index contributed by atoms with van der Waals surface area (Å²) in [6.45, 7) is 4.70. The second kappa shape index (κ2) is 4.71. The number of aryl methyl sites for hydroxylation is 1. The van der Waals surface area contributed by atoms with E-state index in [0.29, 0.717) is 19.0 Å². The van der Waals surface area contributed by atoms with Gasteiger partial charge in [0, 0.05) is 6.92 Å². The van der Waals surface area contributed by atoms with Gasteiger partial charge in [0.15, 0.2) is 6.54 Å². The summed E-state index contributed by atoms with van der Waals surface area (Å²) in [5.41, 5.74) is 0.838. The molecular formula is C8H15N4O2+. The molecule has 0 fully saturated rings. The second-order valence-electron chi connectivity index (χ2n) is 2.88. The van der Waals surface area contributed by atoms with Gasteiger partial charge in [-0.1, -0.05) is 0 Å². The molecule has 1 rings (SSSR count). The maximum atomic E-state index is 10.8. The first kappa shape index (κ1) is 10.6. The molecule has 1 heterocycles. The topological polar surface area (TPSA) is 71.0 Å². The van der Waals surface area contributed by atoms with Crippen molar-refractivity contribution in [2.45, 2.75) is 26.9 Å². The molecule has 0 bridgehead atoms. The first-order chi connectivity index (χ1) is 6.69. The van der Waals surface area contributed by atoms with E-state index in [2.05, 4.69) is 15.9 Å². The Morgan fingerprint density at radius 3 is 2.86 bits per heavy atom. The van der Waals surface area contributed by atoms with Crippen LogP contribution in [0.2, 0.25) is 0 Å². The van der Waals surface area contributed by atoms with E-state index in [9.17, 15) is 4.79 Å². The minimum Gasteiger partial charge on any atom is -0.310 e. The molecular weight excluding hydrogens is 184 g/mol. The highest BCUT2D eigenvalue weighted by Crippen LogP contribution is 2.09. The number of carbonyl (C=O) groups is 1. The first-order valence-electron chi connectivity index (χ1n) is 4.49. The number of rotatable bonds is 4. The summed E-state index contributed by atoms with van der Waals surface area (Å²) in [5.74, 6) is 0.246. The fraction of sp³-hybridized carbons (Fsp3) is 0.625. The van der Waals surface area contributed by atoms with Gasteiger partial charge < -0.3 is 5.32 Å². The molecule has 78 valence electrons. The predicted molar refractivity (Wildman–Crippen MR) is 49.4 cm³/mol. The zero-order chi connectivity index (χ0) is 10.6. The van der Waals surface area contributed by atoms with Crippen LogP contribution in [0.5, 0.6) is 0 Å². The summed E-state index contributed by atoms with van der Waals surface area (Å²) in [7, 11) is 1.82. The maximum absolute atomic E-state index is 10.8. The monoisotopic (exact) mass is 199 g/mol. The van der Waals surface area contributed by atoms with E-state index in [1.54, 1.807) is 4.68 Å².